The Bertz CT molecular complexity index is 327. The fraction of sp³-hybridized carbons (Fsp3) is 0.625. The van der Waals surface area contributed by atoms with Gasteiger partial charge in [0.25, 0.3) is 5.92 Å². The summed E-state index contributed by atoms with van der Waals surface area (Å²) in [5.41, 5.74) is 5.91. The van der Waals surface area contributed by atoms with Gasteiger partial charge in [0.15, 0.2) is 0 Å². The quantitative estimate of drug-likeness (QED) is 0.819. The number of thiazole rings is 1. The molecule has 1 aliphatic rings. The van der Waals surface area contributed by atoms with Crippen LogP contribution in [-0.2, 0) is 18.9 Å². The lowest BCUT2D eigenvalue weighted by atomic mass is 10.00. The van der Waals surface area contributed by atoms with Gasteiger partial charge in [-0.15, -0.1) is 23.7 Å². The molecule has 0 spiro atoms. The molecule has 0 atom stereocenters. The summed E-state index contributed by atoms with van der Waals surface area (Å²) in [6.45, 7) is 0.258. The Morgan fingerprint density at radius 1 is 1.50 bits per heavy atom. The summed E-state index contributed by atoms with van der Waals surface area (Å²) in [5.74, 6) is -2.67. The number of alkyl halides is 2. The second-order valence-corrected chi connectivity index (χ2v) is 4.23. The van der Waals surface area contributed by atoms with E-state index in [0.29, 0.717) is 23.5 Å². The van der Waals surface area contributed by atoms with Crippen LogP contribution in [0.4, 0.5) is 8.78 Å². The molecule has 2 N–H and O–H groups in total. The van der Waals surface area contributed by atoms with Crippen molar-refractivity contribution in [2.45, 2.75) is 31.7 Å². The highest BCUT2D eigenvalue weighted by molar-refractivity contribution is 7.11. The second kappa shape index (κ2) is 4.08. The molecule has 0 radical (unpaired) electrons. The lowest BCUT2D eigenvalue weighted by Crippen LogP contribution is -2.18. The maximum Gasteiger partial charge on any atom is 0.284 e. The maximum atomic E-state index is 13.3. The van der Waals surface area contributed by atoms with E-state index in [2.05, 4.69) is 4.98 Å². The van der Waals surface area contributed by atoms with Gasteiger partial charge in [-0.3, -0.25) is 0 Å². The molecule has 1 heterocycles. The molecule has 2 nitrogen and oxygen atoms in total. The lowest BCUT2D eigenvalue weighted by Gasteiger charge is -2.19. The fourth-order valence-corrected chi connectivity index (χ4v) is 2.53. The summed E-state index contributed by atoms with van der Waals surface area (Å²) in [6.07, 6.45) is 1.14. The monoisotopic (exact) mass is 240 g/mol. The highest BCUT2D eigenvalue weighted by atomic mass is 35.5. The molecule has 1 aliphatic carbocycles. The minimum Gasteiger partial charge on any atom is -0.325 e. The first-order chi connectivity index (χ1) is 6.13. The van der Waals surface area contributed by atoms with Crippen molar-refractivity contribution in [1.82, 2.24) is 4.98 Å². The molecule has 2 rings (SSSR count). The summed E-state index contributed by atoms with van der Waals surface area (Å²) in [7, 11) is 0. The van der Waals surface area contributed by atoms with Crippen LogP contribution < -0.4 is 5.73 Å². The van der Waals surface area contributed by atoms with Gasteiger partial charge in [-0.25, -0.2) is 13.8 Å². The van der Waals surface area contributed by atoms with Crippen LogP contribution in [0.3, 0.4) is 0 Å². The molecule has 1 aromatic heterocycles. The third-order valence-corrected chi connectivity index (χ3v) is 3.38. The first kappa shape index (κ1) is 11.8. The molecule has 0 saturated carbocycles. The zero-order valence-corrected chi connectivity index (χ0v) is 9.06. The molecule has 80 valence electrons. The van der Waals surface area contributed by atoms with E-state index in [-0.39, 0.29) is 30.2 Å². The number of hydrogen-bond acceptors (Lipinski definition) is 3. The highest BCUT2D eigenvalue weighted by Gasteiger charge is 2.39. The normalized spacial score (nSPS) is 18.5. The van der Waals surface area contributed by atoms with Crippen LogP contribution in [0.15, 0.2) is 0 Å². The molecule has 0 aliphatic heterocycles. The van der Waals surface area contributed by atoms with Gasteiger partial charge in [0.1, 0.15) is 5.01 Å². The smallest absolute Gasteiger partial charge is 0.284 e. The molecule has 0 bridgehead atoms. The molecule has 0 aromatic carbocycles. The molecule has 0 saturated heterocycles. The summed E-state index contributed by atoms with van der Waals surface area (Å²) in [6, 6.07) is 0. The van der Waals surface area contributed by atoms with Crippen LogP contribution in [0.25, 0.3) is 0 Å². The van der Waals surface area contributed by atoms with Crippen molar-refractivity contribution in [3.63, 3.8) is 0 Å². The number of fused-ring (bicyclic) bond motifs is 1. The van der Waals surface area contributed by atoms with E-state index in [0.717, 1.165) is 11.3 Å². The molecule has 1 aromatic rings. The number of nitrogens with two attached hydrogens (primary N) is 1. The standard InChI is InChI=1S/C8H10F2N2S.ClH/c9-8(10)3-1-2-5-7(8)13-6(4-11)12-5;/h1-4,11H2;1H. The van der Waals surface area contributed by atoms with E-state index in [4.69, 9.17) is 5.73 Å². The Morgan fingerprint density at radius 2 is 2.21 bits per heavy atom. The molecule has 0 fully saturated rings. The molecule has 0 unspecified atom stereocenters. The number of halogens is 3. The average Bonchev–Trinajstić information content (AvgIpc) is 2.48. The summed E-state index contributed by atoms with van der Waals surface area (Å²) >= 11 is 1.06. The van der Waals surface area contributed by atoms with Gasteiger partial charge in [0.05, 0.1) is 10.6 Å². The Labute approximate surface area is 90.9 Å². The number of nitrogens with zero attached hydrogens (tertiary/aromatic N) is 1. The van der Waals surface area contributed by atoms with Crippen molar-refractivity contribution in [3.05, 3.63) is 15.6 Å². The van der Waals surface area contributed by atoms with Crippen molar-refractivity contribution in [1.29, 1.82) is 0 Å². The van der Waals surface area contributed by atoms with Crippen LogP contribution in [0.2, 0.25) is 0 Å². The van der Waals surface area contributed by atoms with Crippen molar-refractivity contribution in [3.8, 4) is 0 Å². The van der Waals surface area contributed by atoms with Crippen LogP contribution in [-0.4, -0.2) is 4.98 Å². The molecular formula is C8H11ClF2N2S. The number of hydrogen-bond donors (Lipinski definition) is 1. The van der Waals surface area contributed by atoms with E-state index in [9.17, 15) is 8.78 Å². The van der Waals surface area contributed by atoms with Gasteiger partial charge in [-0.2, -0.15) is 0 Å². The Morgan fingerprint density at radius 3 is 2.79 bits per heavy atom. The van der Waals surface area contributed by atoms with Gasteiger partial charge in [-0.1, -0.05) is 0 Å². The number of aryl methyl sites for hydroxylation is 1. The van der Waals surface area contributed by atoms with Crippen molar-refractivity contribution >= 4 is 23.7 Å². The van der Waals surface area contributed by atoms with Crippen LogP contribution >= 0.6 is 23.7 Å². The summed E-state index contributed by atoms with van der Waals surface area (Å²) < 4.78 is 26.6. The van der Waals surface area contributed by atoms with Gasteiger partial charge < -0.3 is 5.73 Å². The highest BCUT2D eigenvalue weighted by Crippen LogP contribution is 2.42. The first-order valence-electron chi connectivity index (χ1n) is 4.20. The number of rotatable bonds is 1. The third kappa shape index (κ3) is 1.89. The van der Waals surface area contributed by atoms with Crippen molar-refractivity contribution in [2.75, 3.05) is 0 Å². The Kier molecular flexibility index (Phi) is 3.44. The topological polar surface area (TPSA) is 38.9 Å². The van der Waals surface area contributed by atoms with Gasteiger partial charge in [0, 0.05) is 13.0 Å². The molecule has 6 heteroatoms. The van der Waals surface area contributed by atoms with Gasteiger partial charge in [0.2, 0.25) is 0 Å². The zero-order valence-electron chi connectivity index (χ0n) is 7.43. The number of aromatic nitrogens is 1. The minimum absolute atomic E-state index is 0. The van der Waals surface area contributed by atoms with E-state index < -0.39 is 5.92 Å². The predicted molar refractivity (Wildman–Crippen MR) is 54.1 cm³/mol. The predicted octanol–water partition coefficient (Wildman–Crippen LogP) is 2.45. The largest absolute Gasteiger partial charge is 0.325 e. The molecular weight excluding hydrogens is 230 g/mol. The van der Waals surface area contributed by atoms with Gasteiger partial charge >= 0.3 is 0 Å². The van der Waals surface area contributed by atoms with Crippen molar-refractivity contribution in [2.24, 2.45) is 5.73 Å². The summed E-state index contributed by atoms with van der Waals surface area (Å²) in [5, 5.41) is 0.617. The zero-order chi connectivity index (χ0) is 9.47. The van der Waals surface area contributed by atoms with Crippen LogP contribution in [0.1, 0.15) is 28.4 Å². The van der Waals surface area contributed by atoms with E-state index in [1.807, 2.05) is 0 Å². The third-order valence-electron chi connectivity index (χ3n) is 2.15. The summed E-state index contributed by atoms with van der Waals surface area (Å²) in [4.78, 5) is 4.22. The molecule has 14 heavy (non-hydrogen) atoms. The first-order valence-corrected chi connectivity index (χ1v) is 5.02. The minimum atomic E-state index is -2.67. The maximum absolute atomic E-state index is 13.3. The molecule has 0 amide bonds. The average molecular weight is 241 g/mol. The van der Waals surface area contributed by atoms with Crippen LogP contribution in [0.5, 0.6) is 0 Å². The van der Waals surface area contributed by atoms with E-state index in [1.165, 1.54) is 0 Å². The SMILES string of the molecule is Cl.NCc1nc2c(s1)C(F)(F)CCC2. The Hall–Kier alpha value is -0.260. The lowest BCUT2D eigenvalue weighted by molar-refractivity contribution is -0.0180. The Balaban J connectivity index is 0.000000980. The fourth-order valence-electron chi connectivity index (χ4n) is 1.53. The van der Waals surface area contributed by atoms with Gasteiger partial charge in [-0.05, 0) is 12.8 Å². The second-order valence-electron chi connectivity index (χ2n) is 3.15. The van der Waals surface area contributed by atoms with E-state index >= 15 is 0 Å². The van der Waals surface area contributed by atoms with E-state index in [1.54, 1.807) is 0 Å². The van der Waals surface area contributed by atoms with Crippen LogP contribution in [0, 0.1) is 0 Å². The van der Waals surface area contributed by atoms with Crippen molar-refractivity contribution < 1.29 is 8.78 Å².